The number of carbonyl (C=O) groups is 1. The van der Waals surface area contributed by atoms with Crippen LogP contribution in [0.3, 0.4) is 0 Å². The second-order valence-electron chi connectivity index (χ2n) is 5.63. The van der Waals surface area contributed by atoms with Crippen molar-refractivity contribution in [1.82, 2.24) is 14.8 Å². The van der Waals surface area contributed by atoms with E-state index in [1.807, 2.05) is 10.3 Å². The molecule has 2 heterocycles. The summed E-state index contributed by atoms with van der Waals surface area (Å²) in [5.41, 5.74) is 2.88. The lowest BCUT2D eigenvalue weighted by Crippen LogP contribution is -2.48. The van der Waals surface area contributed by atoms with Gasteiger partial charge in [0.05, 0.1) is 0 Å². The summed E-state index contributed by atoms with van der Waals surface area (Å²) < 4.78 is 0. The monoisotopic (exact) mass is 315 g/mol. The zero-order valence-corrected chi connectivity index (χ0v) is 13.9. The molecule has 1 aliphatic heterocycles. The van der Waals surface area contributed by atoms with E-state index in [9.17, 15) is 4.79 Å². The Kier molecular flexibility index (Phi) is 4.55. The van der Waals surface area contributed by atoms with Crippen molar-refractivity contribution in [1.29, 1.82) is 0 Å². The number of hydrogen-bond donors (Lipinski definition) is 0. The highest BCUT2D eigenvalue weighted by atomic mass is 32.1. The average Bonchev–Trinajstić information content (AvgIpc) is 3.05. The van der Waals surface area contributed by atoms with Crippen molar-refractivity contribution in [2.24, 2.45) is 0 Å². The lowest BCUT2D eigenvalue weighted by Gasteiger charge is -2.33. The van der Waals surface area contributed by atoms with Gasteiger partial charge in [-0.15, -0.1) is 11.3 Å². The van der Waals surface area contributed by atoms with Crippen molar-refractivity contribution >= 4 is 17.2 Å². The van der Waals surface area contributed by atoms with E-state index in [4.69, 9.17) is 0 Å². The molecule has 1 aliphatic rings. The van der Waals surface area contributed by atoms with E-state index in [2.05, 4.69) is 48.0 Å². The number of piperazine rings is 1. The number of benzene rings is 1. The normalized spacial score (nSPS) is 16.0. The van der Waals surface area contributed by atoms with Crippen molar-refractivity contribution in [3.05, 3.63) is 40.9 Å². The second-order valence-corrected chi connectivity index (χ2v) is 6.49. The number of hydrogen-bond acceptors (Lipinski definition) is 4. The van der Waals surface area contributed by atoms with Gasteiger partial charge >= 0.3 is 0 Å². The lowest BCUT2D eigenvalue weighted by molar-refractivity contribution is 0.0638. The maximum atomic E-state index is 12.5. The summed E-state index contributed by atoms with van der Waals surface area (Å²) in [5.74, 6) is 0.0605. The molecule has 0 unspecified atom stereocenters. The summed E-state index contributed by atoms with van der Waals surface area (Å²) in [5, 5.41) is 2.79. The first kappa shape index (κ1) is 15.2. The second kappa shape index (κ2) is 6.58. The number of likely N-dealkylation sites (N-methyl/N-ethyl adjacent to an activating group) is 1. The topological polar surface area (TPSA) is 36.4 Å². The van der Waals surface area contributed by atoms with Crippen LogP contribution in [-0.4, -0.2) is 53.4 Å². The third-order valence-corrected chi connectivity index (χ3v) is 5.02. The molecule has 0 atom stereocenters. The van der Waals surface area contributed by atoms with Gasteiger partial charge in [0, 0.05) is 37.1 Å². The number of aromatic nitrogens is 1. The number of carbonyl (C=O) groups excluding carboxylic acids is 1. The summed E-state index contributed by atoms with van der Waals surface area (Å²) in [6.07, 6.45) is 0. The van der Waals surface area contributed by atoms with Crippen molar-refractivity contribution in [2.45, 2.75) is 13.8 Å². The van der Waals surface area contributed by atoms with Crippen LogP contribution in [0.4, 0.5) is 0 Å². The Balaban J connectivity index is 1.71. The molecule has 0 saturated carbocycles. The first-order valence-corrected chi connectivity index (χ1v) is 8.59. The van der Waals surface area contributed by atoms with Gasteiger partial charge < -0.3 is 9.80 Å². The molecule has 1 saturated heterocycles. The first-order chi connectivity index (χ1) is 10.7. The van der Waals surface area contributed by atoms with E-state index in [0.717, 1.165) is 43.3 Å². The average molecular weight is 315 g/mol. The fourth-order valence-corrected chi connectivity index (χ4v) is 3.43. The molecule has 0 aliphatic carbocycles. The van der Waals surface area contributed by atoms with E-state index in [0.29, 0.717) is 5.69 Å². The number of amides is 1. The largest absolute Gasteiger partial charge is 0.335 e. The van der Waals surface area contributed by atoms with Gasteiger partial charge in [-0.1, -0.05) is 36.8 Å². The van der Waals surface area contributed by atoms with Gasteiger partial charge in [-0.05, 0) is 13.5 Å². The third-order valence-electron chi connectivity index (χ3n) is 4.13. The Morgan fingerprint density at radius 2 is 1.86 bits per heavy atom. The summed E-state index contributed by atoms with van der Waals surface area (Å²) in [6, 6.07) is 8.26. The van der Waals surface area contributed by atoms with Crippen molar-refractivity contribution in [2.75, 3.05) is 32.7 Å². The molecule has 0 N–H and O–H groups in total. The molecule has 1 aromatic carbocycles. The highest BCUT2D eigenvalue weighted by molar-refractivity contribution is 7.13. The van der Waals surface area contributed by atoms with Crippen LogP contribution in [0.5, 0.6) is 0 Å². The van der Waals surface area contributed by atoms with E-state index < -0.39 is 0 Å². The van der Waals surface area contributed by atoms with Gasteiger partial charge in [-0.3, -0.25) is 4.79 Å². The molecule has 1 fully saturated rings. The van der Waals surface area contributed by atoms with Crippen molar-refractivity contribution in [3.8, 4) is 10.6 Å². The number of nitrogens with zero attached hydrogens (tertiary/aromatic N) is 3. The van der Waals surface area contributed by atoms with Crippen LogP contribution in [0.1, 0.15) is 23.0 Å². The minimum absolute atomic E-state index is 0.0605. The molecule has 5 heteroatoms. The summed E-state index contributed by atoms with van der Waals surface area (Å²) in [7, 11) is 0. The molecule has 0 radical (unpaired) electrons. The highest BCUT2D eigenvalue weighted by Gasteiger charge is 2.23. The van der Waals surface area contributed by atoms with Gasteiger partial charge in [-0.25, -0.2) is 4.98 Å². The molecule has 22 heavy (non-hydrogen) atoms. The molecule has 3 rings (SSSR count). The van der Waals surface area contributed by atoms with Crippen molar-refractivity contribution in [3.63, 3.8) is 0 Å². The van der Waals surface area contributed by atoms with E-state index in [1.54, 1.807) is 0 Å². The van der Waals surface area contributed by atoms with Crippen LogP contribution in [0.2, 0.25) is 0 Å². The fourth-order valence-electron chi connectivity index (χ4n) is 2.63. The van der Waals surface area contributed by atoms with Crippen molar-refractivity contribution < 1.29 is 4.79 Å². The first-order valence-electron chi connectivity index (χ1n) is 7.71. The van der Waals surface area contributed by atoms with E-state index in [1.165, 1.54) is 16.9 Å². The smallest absolute Gasteiger partial charge is 0.273 e. The Hall–Kier alpha value is -1.72. The zero-order chi connectivity index (χ0) is 15.5. The van der Waals surface area contributed by atoms with Gasteiger partial charge in [0.15, 0.2) is 0 Å². The quantitative estimate of drug-likeness (QED) is 0.874. The third kappa shape index (κ3) is 3.20. The van der Waals surface area contributed by atoms with E-state index >= 15 is 0 Å². The van der Waals surface area contributed by atoms with Gasteiger partial charge in [-0.2, -0.15) is 0 Å². The highest BCUT2D eigenvalue weighted by Crippen LogP contribution is 2.24. The summed E-state index contributed by atoms with van der Waals surface area (Å²) in [6.45, 7) is 8.78. The van der Waals surface area contributed by atoms with Crippen LogP contribution < -0.4 is 0 Å². The Labute approximate surface area is 135 Å². The predicted octanol–water partition coefficient (Wildman–Crippen LogP) is 2.90. The standard InChI is InChI=1S/C17H21N3OS/c1-3-19-8-10-20(11-9-19)17(21)15-12-22-16(18-15)14-6-4-13(2)5-7-14/h4-7,12H,3,8-11H2,1-2H3. The summed E-state index contributed by atoms with van der Waals surface area (Å²) >= 11 is 1.54. The zero-order valence-electron chi connectivity index (χ0n) is 13.1. The molecule has 116 valence electrons. The number of rotatable bonds is 3. The Morgan fingerprint density at radius 3 is 2.50 bits per heavy atom. The van der Waals surface area contributed by atoms with E-state index in [-0.39, 0.29) is 5.91 Å². The van der Waals surface area contributed by atoms with Gasteiger partial charge in [0.2, 0.25) is 0 Å². The maximum Gasteiger partial charge on any atom is 0.273 e. The van der Waals surface area contributed by atoms with Crippen LogP contribution in [0, 0.1) is 6.92 Å². The minimum atomic E-state index is 0.0605. The van der Waals surface area contributed by atoms with Crippen LogP contribution >= 0.6 is 11.3 Å². The maximum absolute atomic E-state index is 12.5. The van der Waals surface area contributed by atoms with Crippen LogP contribution in [0.15, 0.2) is 29.6 Å². The molecular formula is C17H21N3OS. The molecule has 4 nitrogen and oxygen atoms in total. The van der Waals surface area contributed by atoms with Crippen LogP contribution in [0.25, 0.3) is 10.6 Å². The molecule has 0 spiro atoms. The molecule has 0 bridgehead atoms. The van der Waals surface area contributed by atoms with Crippen LogP contribution in [-0.2, 0) is 0 Å². The minimum Gasteiger partial charge on any atom is -0.335 e. The Morgan fingerprint density at radius 1 is 1.18 bits per heavy atom. The number of thiazole rings is 1. The molecule has 1 aromatic heterocycles. The fraction of sp³-hybridized carbons (Fsp3) is 0.412. The predicted molar refractivity (Wildman–Crippen MR) is 90.3 cm³/mol. The lowest BCUT2D eigenvalue weighted by atomic mass is 10.2. The van der Waals surface area contributed by atoms with Gasteiger partial charge in [0.1, 0.15) is 10.7 Å². The Bertz CT molecular complexity index is 642. The molecule has 2 aromatic rings. The summed E-state index contributed by atoms with van der Waals surface area (Å²) in [4.78, 5) is 21.4. The molecular weight excluding hydrogens is 294 g/mol. The van der Waals surface area contributed by atoms with Gasteiger partial charge in [0.25, 0.3) is 5.91 Å². The SMILES string of the molecule is CCN1CCN(C(=O)c2csc(-c3ccc(C)cc3)n2)CC1. The molecule has 1 amide bonds. The number of aryl methyl sites for hydroxylation is 1.